The van der Waals surface area contributed by atoms with Gasteiger partial charge in [-0.15, -0.1) is 11.8 Å². The smallest absolute Gasteiger partial charge is 0.0802 e. The minimum absolute atomic E-state index is 0.358. The second kappa shape index (κ2) is 7.90. The van der Waals surface area contributed by atoms with E-state index in [2.05, 4.69) is 24.0 Å². The van der Waals surface area contributed by atoms with Crippen LogP contribution in [0.4, 0.5) is 0 Å². The largest absolute Gasteiger partial charge is 0.388 e. The first-order valence-electron chi connectivity index (χ1n) is 7.00. The van der Waals surface area contributed by atoms with Crippen molar-refractivity contribution in [3.05, 3.63) is 29.8 Å². The van der Waals surface area contributed by atoms with Crippen LogP contribution in [0.1, 0.15) is 25.0 Å². The Balaban J connectivity index is 1.79. The van der Waals surface area contributed by atoms with Gasteiger partial charge in [-0.1, -0.05) is 19.1 Å². The number of hydrogen-bond acceptors (Lipinski definition) is 4. The maximum atomic E-state index is 10.2. The molecule has 1 fully saturated rings. The van der Waals surface area contributed by atoms with Gasteiger partial charge in [0, 0.05) is 24.5 Å². The molecule has 0 radical (unpaired) electrons. The first kappa shape index (κ1) is 14.9. The van der Waals surface area contributed by atoms with Crippen LogP contribution >= 0.6 is 11.8 Å². The molecule has 1 aromatic carbocycles. The Labute approximate surface area is 120 Å². The molecule has 1 aromatic rings. The van der Waals surface area contributed by atoms with E-state index in [0.717, 1.165) is 50.6 Å². The van der Waals surface area contributed by atoms with Gasteiger partial charge in [-0.05, 0) is 29.9 Å². The molecule has 0 spiro atoms. The number of aliphatic hydroxyl groups excluding tert-OH is 1. The van der Waals surface area contributed by atoms with Crippen LogP contribution in [0.3, 0.4) is 0 Å². The highest BCUT2D eigenvalue weighted by molar-refractivity contribution is 7.99. The summed E-state index contributed by atoms with van der Waals surface area (Å²) in [5.74, 6) is 1.08. The zero-order valence-corrected chi connectivity index (χ0v) is 12.4. The van der Waals surface area contributed by atoms with Gasteiger partial charge in [0.2, 0.25) is 0 Å². The summed E-state index contributed by atoms with van der Waals surface area (Å²) in [6.45, 7) is 6.70. The van der Waals surface area contributed by atoms with Crippen molar-refractivity contribution in [3.63, 3.8) is 0 Å². The number of nitrogens with zero attached hydrogens (tertiary/aromatic N) is 1. The van der Waals surface area contributed by atoms with Crippen molar-refractivity contribution >= 4 is 11.8 Å². The maximum Gasteiger partial charge on any atom is 0.0802 e. The maximum absolute atomic E-state index is 10.2. The first-order valence-corrected chi connectivity index (χ1v) is 7.99. The molecule has 19 heavy (non-hydrogen) atoms. The highest BCUT2D eigenvalue weighted by Gasteiger charge is 2.13. The van der Waals surface area contributed by atoms with Crippen LogP contribution < -0.4 is 0 Å². The fourth-order valence-electron chi connectivity index (χ4n) is 2.25. The molecule has 4 heteroatoms. The minimum atomic E-state index is -0.358. The van der Waals surface area contributed by atoms with Gasteiger partial charge in [0.15, 0.2) is 0 Å². The summed E-state index contributed by atoms with van der Waals surface area (Å²) in [6, 6.07) is 8.28. The lowest BCUT2D eigenvalue weighted by Gasteiger charge is -2.27. The van der Waals surface area contributed by atoms with Gasteiger partial charge in [0.1, 0.15) is 0 Å². The quantitative estimate of drug-likeness (QED) is 0.812. The zero-order chi connectivity index (χ0) is 13.5. The third-order valence-electron chi connectivity index (χ3n) is 3.40. The molecule has 1 atom stereocenters. The summed E-state index contributed by atoms with van der Waals surface area (Å²) in [5.41, 5.74) is 1.02. The normalized spacial score (nSPS) is 18.4. The van der Waals surface area contributed by atoms with Crippen LogP contribution in [-0.2, 0) is 4.74 Å². The van der Waals surface area contributed by atoms with Gasteiger partial charge in [0.05, 0.1) is 19.3 Å². The molecule has 106 valence electrons. The molecular formula is C15H23NO2S. The molecule has 1 aliphatic rings. The average molecular weight is 281 g/mol. The number of aliphatic hydroxyl groups is 1. The number of morpholine rings is 1. The molecule has 1 heterocycles. The summed E-state index contributed by atoms with van der Waals surface area (Å²) in [4.78, 5) is 3.63. The lowest BCUT2D eigenvalue weighted by atomic mass is 10.1. The lowest BCUT2D eigenvalue weighted by molar-refractivity contribution is 0.0300. The van der Waals surface area contributed by atoms with Gasteiger partial charge in [-0.3, -0.25) is 4.90 Å². The molecule has 2 rings (SSSR count). The minimum Gasteiger partial charge on any atom is -0.388 e. The van der Waals surface area contributed by atoms with E-state index in [9.17, 15) is 5.11 Å². The Kier molecular flexibility index (Phi) is 6.17. The lowest BCUT2D eigenvalue weighted by Crippen LogP contribution is -2.37. The van der Waals surface area contributed by atoms with Crippen molar-refractivity contribution in [1.29, 1.82) is 0 Å². The molecule has 1 aliphatic heterocycles. The Bertz CT molecular complexity index is 363. The van der Waals surface area contributed by atoms with Crippen LogP contribution in [0.25, 0.3) is 0 Å². The van der Waals surface area contributed by atoms with Crippen LogP contribution in [0.15, 0.2) is 29.2 Å². The van der Waals surface area contributed by atoms with E-state index < -0.39 is 0 Å². The molecule has 0 bridgehead atoms. The van der Waals surface area contributed by atoms with Crippen molar-refractivity contribution in [1.82, 2.24) is 4.90 Å². The van der Waals surface area contributed by atoms with Gasteiger partial charge in [-0.25, -0.2) is 0 Å². The number of ether oxygens (including phenoxy) is 1. The monoisotopic (exact) mass is 281 g/mol. The summed E-state index contributed by atoms with van der Waals surface area (Å²) < 4.78 is 5.32. The summed E-state index contributed by atoms with van der Waals surface area (Å²) in [6.07, 6.45) is 0.434. The summed E-state index contributed by atoms with van der Waals surface area (Å²) in [7, 11) is 0. The number of hydrogen-bond donors (Lipinski definition) is 1. The third-order valence-corrected chi connectivity index (χ3v) is 4.29. The third kappa shape index (κ3) is 4.80. The van der Waals surface area contributed by atoms with E-state index in [0.29, 0.717) is 0 Å². The topological polar surface area (TPSA) is 32.7 Å². The van der Waals surface area contributed by atoms with E-state index in [4.69, 9.17) is 4.74 Å². The molecule has 0 aliphatic carbocycles. The second-order valence-electron chi connectivity index (χ2n) is 4.76. The summed E-state index contributed by atoms with van der Waals surface area (Å²) >= 11 is 1.83. The predicted octanol–water partition coefficient (Wildman–Crippen LogP) is 2.55. The molecule has 1 N–H and O–H groups in total. The van der Waals surface area contributed by atoms with Gasteiger partial charge in [-0.2, -0.15) is 0 Å². The molecule has 3 nitrogen and oxygen atoms in total. The van der Waals surface area contributed by atoms with Crippen molar-refractivity contribution in [2.24, 2.45) is 0 Å². The van der Waals surface area contributed by atoms with E-state index in [1.165, 1.54) is 4.90 Å². The Morgan fingerprint density at radius 2 is 1.95 bits per heavy atom. The van der Waals surface area contributed by atoms with Gasteiger partial charge in [0.25, 0.3) is 0 Å². The average Bonchev–Trinajstić information content (AvgIpc) is 2.47. The highest BCUT2D eigenvalue weighted by Crippen LogP contribution is 2.22. The first-order chi connectivity index (χ1) is 9.29. The molecule has 0 saturated carbocycles. The van der Waals surface area contributed by atoms with E-state index >= 15 is 0 Å². The Morgan fingerprint density at radius 3 is 2.58 bits per heavy atom. The second-order valence-corrected chi connectivity index (χ2v) is 6.10. The fraction of sp³-hybridized carbons (Fsp3) is 0.600. The van der Waals surface area contributed by atoms with Crippen LogP contribution in [0.5, 0.6) is 0 Å². The highest BCUT2D eigenvalue weighted by atomic mass is 32.2. The van der Waals surface area contributed by atoms with E-state index in [-0.39, 0.29) is 6.10 Å². The van der Waals surface area contributed by atoms with Gasteiger partial charge >= 0.3 is 0 Å². The van der Waals surface area contributed by atoms with Crippen LogP contribution in [0.2, 0.25) is 0 Å². The standard InChI is InChI=1S/C15H23NO2S/c1-2-19-14-5-3-13(4-6-14)15(17)7-8-16-9-11-18-12-10-16/h3-6,15,17H,2,7-12H2,1H3. The van der Waals surface area contributed by atoms with Crippen molar-refractivity contribution in [3.8, 4) is 0 Å². The van der Waals surface area contributed by atoms with Crippen LogP contribution in [0, 0.1) is 0 Å². The van der Waals surface area contributed by atoms with Crippen molar-refractivity contribution in [2.75, 3.05) is 38.6 Å². The van der Waals surface area contributed by atoms with Gasteiger partial charge < -0.3 is 9.84 Å². The fourth-order valence-corrected chi connectivity index (χ4v) is 2.91. The van der Waals surface area contributed by atoms with Crippen LogP contribution in [-0.4, -0.2) is 48.6 Å². The Morgan fingerprint density at radius 1 is 1.26 bits per heavy atom. The Hall–Kier alpha value is -0.550. The zero-order valence-electron chi connectivity index (χ0n) is 11.5. The number of rotatable bonds is 6. The predicted molar refractivity (Wildman–Crippen MR) is 79.7 cm³/mol. The molecular weight excluding hydrogens is 258 g/mol. The molecule has 1 saturated heterocycles. The molecule has 0 aromatic heterocycles. The number of benzene rings is 1. The van der Waals surface area contributed by atoms with E-state index in [1.807, 2.05) is 23.9 Å². The molecule has 1 unspecified atom stereocenters. The van der Waals surface area contributed by atoms with Crippen molar-refractivity contribution < 1.29 is 9.84 Å². The van der Waals surface area contributed by atoms with Crippen molar-refractivity contribution in [2.45, 2.75) is 24.3 Å². The summed E-state index contributed by atoms with van der Waals surface area (Å²) in [5, 5.41) is 10.2. The molecule has 0 amide bonds. The SMILES string of the molecule is CCSc1ccc(C(O)CCN2CCOCC2)cc1. The van der Waals surface area contributed by atoms with E-state index in [1.54, 1.807) is 0 Å². The number of thioether (sulfide) groups is 1.